The van der Waals surface area contributed by atoms with Crippen molar-refractivity contribution < 1.29 is 22.3 Å². The highest BCUT2D eigenvalue weighted by atomic mass is 32.1. The number of halogens is 4. The average molecular weight is 543 g/mol. The van der Waals surface area contributed by atoms with Gasteiger partial charge in [-0.2, -0.15) is 5.10 Å². The molecule has 0 bridgehead atoms. The van der Waals surface area contributed by atoms with E-state index in [2.05, 4.69) is 30.7 Å². The molecule has 0 aliphatic heterocycles. The number of benzene rings is 3. The minimum Gasteiger partial charge on any atom is -0.406 e. The van der Waals surface area contributed by atoms with Crippen LogP contribution in [0.2, 0.25) is 0 Å². The Hall–Kier alpha value is -4.32. The van der Waals surface area contributed by atoms with Gasteiger partial charge in [-0.05, 0) is 71.7 Å². The molecule has 4 aromatic rings. The van der Waals surface area contributed by atoms with E-state index in [0.29, 0.717) is 17.2 Å². The quantitative estimate of drug-likeness (QED) is 0.122. The molecule has 0 atom stereocenters. The van der Waals surface area contributed by atoms with Crippen LogP contribution in [-0.2, 0) is 0 Å². The molecule has 0 saturated carbocycles. The van der Waals surface area contributed by atoms with Crippen molar-refractivity contribution >= 4 is 29.2 Å². The summed E-state index contributed by atoms with van der Waals surface area (Å²) in [4.78, 5) is 4.27. The molecule has 4 rings (SSSR count). The molecular weight excluding hydrogens is 520 g/mol. The number of hydrogen-bond acceptors (Lipinski definition) is 5. The zero-order valence-corrected chi connectivity index (χ0v) is 21.0. The van der Waals surface area contributed by atoms with Crippen LogP contribution in [0.1, 0.15) is 30.9 Å². The predicted octanol–water partition coefficient (Wildman–Crippen LogP) is 6.42. The van der Waals surface area contributed by atoms with E-state index >= 15 is 0 Å². The summed E-state index contributed by atoms with van der Waals surface area (Å²) < 4.78 is 55.9. The molecule has 0 amide bonds. The van der Waals surface area contributed by atoms with Crippen LogP contribution in [0.15, 0.2) is 78.2 Å². The van der Waals surface area contributed by atoms with Gasteiger partial charge in [0, 0.05) is 11.3 Å². The molecule has 1 aromatic heterocycles. The van der Waals surface area contributed by atoms with E-state index in [1.54, 1.807) is 12.3 Å². The molecular formula is C26H22F4N6OS. The van der Waals surface area contributed by atoms with Crippen LogP contribution in [0.4, 0.5) is 23.2 Å². The fourth-order valence-corrected chi connectivity index (χ4v) is 3.64. The van der Waals surface area contributed by atoms with Gasteiger partial charge in [-0.3, -0.25) is 5.43 Å². The summed E-state index contributed by atoms with van der Waals surface area (Å²) >= 11 is 5.28. The van der Waals surface area contributed by atoms with E-state index in [1.165, 1.54) is 47.4 Å². The molecule has 1 heterocycles. The van der Waals surface area contributed by atoms with Crippen LogP contribution >= 0.6 is 12.2 Å². The summed E-state index contributed by atoms with van der Waals surface area (Å²) in [5.74, 6) is -0.0824. The second-order valence-corrected chi connectivity index (χ2v) is 8.80. The first-order valence-electron chi connectivity index (χ1n) is 11.4. The van der Waals surface area contributed by atoms with Gasteiger partial charge in [-0.1, -0.05) is 38.1 Å². The van der Waals surface area contributed by atoms with E-state index in [9.17, 15) is 17.6 Å². The molecule has 38 heavy (non-hydrogen) atoms. The van der Waals surface area contributed by atoms with Crippen LogP contribution in [0.25, 0.3) is 17.1 Å². The maximum absolute atomic E-state index is 13.6. The Morgan fingerprint density at radius 2 is 1.76 bits per heavy atom. The molecule has 0 saturated heterocycles. The first-order valence-corrected chi connectivity index (χ1v) is 11.8. The number of anilines is 1. The van der Waals surface area contributed by atoms with Gasteiger partial charge in [-0.15, -0.1) is 18.3 Å². The number of nitrogens with zero attached hydrogens (tertiary/aromatic N) is 4. The van der Waals surface area contributed by atoms with Gasteiger partial charge in [0.2, 0.25) is 0 Å². The van der Waals surface area contributed by atoms with Gasteiger partial charge in [-0.25, -0.2) is 14.1 Å². The van der Waals surface area contributed by atoms with E-state index in [0.717, 1.165) is 16.7 Å². The maximum atomic E-state index is 13.6. The van der Waals surface area contributed by atoms with E-state index in [4.69, 9.17) is 12.2 Å². The molecule has 0 radical (unpaired) electrons. The number of hydrogen-bond donors (Lipinski definition) is 2. The predicted molar refractivity (Wildman–Crippen MR) is 141 cm³/mol. The fourth-order valence-electron chi connectivity index (χ4n) is 3.48. The van der Waals surface area contributed by atoms with Crippen LogP contribution in [0, 0.1) is 5.82 Å². The first kappa shape index (κ1) is 26.7. The van der Waals surface area contributed by atoms with Crippen LogP contribution in [0.3, 0.4) is 0 Å². The molecule has 0 spiro atoms. The summed E-state index contributed by atoms with van der Waals surface area (Å²) in [6, 6.07) is 17.0. The number of ether oxygens (including phenoxy) is 1. The summed E-state index contributed by atoms with van der Waals surface area (Å²) in [5.41, 5.74) is 6.30. The second-order valence-electron chi connectivity index (χ2n) is 8.39. The van der Waals surface area contributed by atoms with Crippen molar-refractivity contribution in [3.05, 3.63) is 90.0 Å². The van der Waals surface area contributed by atoms with Crippen molar-refractivity contribution in [3.8, 4) is 22.8 Å². The van der Waals surface area contributed by atoms with Gasteiger partial charge in [0.05, 0.1) is 11.9 Å². The lowest BCUT2D eigenvalue weighted by Gasteiger charge is -2.14. The second kappa shape index (κ2) is 11.4. The number of nitrogens with one attached hydrogen (secondary N) is 2. The Morgan fingerprint density at radius 1 is 1.05 bits per heavy atom. The maximum Gasteiger partial charge on any atom is 0.573 e. The number of alkyl halides is 3. The molecule has 0 fully saturated rings. The zero-order chi connectivity index (χ0) is 27.3. The van der Waals surface area contributed by atoms with Gasteiger partial charge in [0.15, 0.2) is 10.9 Å². The highest BCUT2D eigenvalue weighted by Gasteiger charge is 2.31. The van der Waals surface area contributed by atoms with Crippen molar-refractivity contribution in [1.82, 2.24) is 20.2 Å². The van der Waals surface area contributed by atoms with Crippen molar-refractivity contribution in [3.63, 3.8) is 0 Å². The highest BCUT2D eigenvalue weighted by molar-refractivity contribution is 7.80. The summed E-state index contributed by atoms with van der Waals surface area (Å²) in [7, 11) is 0. The average Bonchev–Trinajstić information content (AvgIpc) is 3.35. The molecule has 0 aliphatic rings. The Kier molecular flexibility index (Phi) is 8.01. The molecule has 3 aromatic carbocycles. The molecule has 7 nitrogen and oxygen atoms in total. The van der Waals surface area contributed by atoms with Crippen molar-refractivity contribution in [2.24, 2.45) is 5.10 Å². The van der Waals surface area contributed by atoms with Crippen LogP contribution in [-0.4, -0.2) is 32.5 Å². The number of thiocarbonyl (C=S) groups is 1. The molecule has 0 aliphatic carbocycles. The Balaban J connectivity index is 1.35. The topological polar surface area (TPSA) is 76.4 Å². The highest BCUT2D eigenvalue weighted by Crippen LogP contribution is 2.26. The normalized spacial score (nSPS) is 11.7. The third-order valence-corrected chi connectivity index (χ3v) is 5.45. The number of aromatic nitrogens is 3. The smallest absolute Gasteiger partial charge is 0.406 e. The van der Waals surface area contributed by atoms with Gasteiger partial charge < -0.3 is 10.1 Å². The fraction of sp³-hybridized carbons (Fsp3) is 0.154. The lowest BCUT2D eigenvalue weighted by molar-refractivity contribution is -0.274. The summed E-state index contributed by atoms with van der Waals surface area (Å²) in [6.45, 7) is 3.93. The van der Waals surface area contributed by atoms with Crippen molar-refractivity contribution in [2.45, 2.75) is 26.1 Å². The standard InChI is InChI=1S/C26H22F4N6OS/c1-16(2)22-13-19(27)7-12-23(22)33-25(38)34-32-14-17-3-5-18(6-4-17)24-31-15-36(35-24)20-8-10-21(11-9-20)37-26(28,29)30/h3-16H,1-2H3,(H2,33,34,38). The molecule has 196 valence electrons. The number of rotatable bonds is 7. The van der Waals surface area contributed by atoms with Crippen LogP contribution in [0.5, 0.6) is 5.75 Å². The van der Waals surface area contributed by atoms with Crippen molar-refractivity contribution in [1.29, 1.82) is 0 Å². The summed E-state index contributed by atoms with van der Waals surface area (Å²) in [6.07, 6.45) is -1.70. The minimum absolute atomic E-state index is 0.109. The van der Waals surface area contributed by atoms with E-state index in [1.807, 2.05) is 38.1 Å². The first-order chi connectivity index (χ1) is 18.1. The SMILES string of the molecule is CC(C)c1cc(F)ccc1NC(=S)NN=Cc1ccc(-c2ncn(-c3ccc(OC(F)(F)F)cc3)n2)cc1. The van der Waals surface area contributed by atoms with Gasteiger partial charge in [0.25, 0.3) is 0 Å². The van der Waals surface area contributed by atoms with Gasteiger partial charge >= 0.3 is 6.36 Å². The van der Waals surface area contributed by atoms with E-state index in [-0.39, 0.29) is 22.6 Å². The molecule has 0 unspecified atom stereocenters. The van der Waals surface area contributed by atoms with Crippen LogP contribution < -0.4 is 15.5 Å². The Morgan fingerprint density at radius 3 is 2.42 bits per heavy atom. The molecule has 2 N–H and O–H groups in total. The molecule has 12 heteroatoms. The monoisotopic (exact) mass is 542 g/mol. The zero-order valence-electron chi connectivity index (χ0n) is 20.2. The third kappa shape index (κ3) is 7.13. The number of hydrazone groups is 1. The van der Waals surface area contributed by atoms with Gasteiger partial charge in [0.1, 0.15) is 17.9 Å². The summed E-state index contributed by atoms with van der Waals surface area (Å²) in [5, 5.41) is 11.8. The van der Waals surface area contributed by atoms with E-state index < -0.39 is 6.36 Å². The Bertz CT molecular complexity index is 1430. The van der Waals surface area contributed by atoms with Crippen molar-refractivity contribution in [2.75, 3.05) is 5.32 Å². The Labute approximate surface area is 221 Å². The largest absolute Gasteiger partial charge is 0.573 e. The lowest BCUT2D eigenvalue weighted by atomic mass is 10.0. The third-order valence-electron chi connectivity index (χ3n) is 5.26. The minimum atomic E-state index is -4.75. The lowest BCUT2D eigenvalue weighted by Crippen LogP contribution is -2.24.